The molecule has 4 rings (SSSR count). The molecule has 2 atom stereocenters. The summed E-state index contributed by atoms with van der Waals surface area (Å²) in [6, 6.07) is 13.5. The molecule has 31 heavy (non-hydrogen) atoms. The second-order valence-electron chi connectivity index (χ2n) is 7.65. The lowest BCUT2D eigenvalue weighted by Gasteiger charge is -2.31. The second-order valence-corrected chi connectivity index (χ2v) is 7.65. The lowest BCUT2D eigenvalue weighted by molar-refractivity contribution is -0.169. The predicted molar refractivity (Wildman–Crippen MR) is 113 cm³/mol. The number of nitrogens with zero attached hydrogens (tertiary/aromatic N) is 2. The van der Waals surface area contributed by atoms with Gasteiger partial charge in [-0.1, -0.05) is 37.3 Å². The smallest absolute Gasteiger partial charge is 0.361 e. The Morgan fingerprint density at radius 2 is 2.00 bits per heavy atom. The molecule has 0 fully saturated rings. The number of carbonyl (C=O) groups is 2. The van der Waals surface area contributed by atoms with Crippen LogP contribution >= 0.6 is 0 Å². The Morgan fingerprint density at radius 1 is 1.26 bits per heavy atom. The van der Waals surface area contributed by atoms with E-state index < -0.39 is 29.2 Å². The van der Waals surface area contributed by atoms with Gasteiger partial charge >= 0.3 is 11.9 Å². The van der Waals surface area contributed by atoms with Crippen molar-refractivity contribution in [2.45, 2.75) is 25.0 Å². The number of aromatic amines is 1. The van der Waals surface area contributed by atoms with E-state index >= 15 is 0 Å². The van der Waals surface area contributed by atoms with Gasteiger partial charge in [0.15, 0.2) is 0 Å². The number of aliphatic imine (C=N–C) groups is 1. The van der Waals surface area contributed by atoms with Crippen molar-refractivity contribution in [1.29, 1.82) is 0 Å². The largest absolute Gasteiger partial charge is 0.457 e. The van der Waals surface area contributed by atoms with Gasteiger partial charge in [-0.25, -0.2) is 9.18 Å². The molecule has 2 unspecified atom stereocenters. The number of benzene rings is 2. The molecule has 1 N–H and O–H groups in total. The van der Waals surface area contributed by atoms with E-state index in [0.29, 0.717) is 16.5 Å². The monoisotopic (exact) mass is 423 g/mol. The van der Waals surface area contributed by atoms with E-state index in [1.54, 1.807) is 33.3 Å². The second kappa shape index (κ2) is 7.86. The van der Waals surface area contributed by atoms with Gasteiger partial charge in [0.05, 0.1) is 0 Å². The maximum absolute atomic E-state index is 13.6. The third kappa shape index (κ3) is 3.54. The number of fused-ring (bicyclic) bond motifs is 1. The molecule has 7 nitrogen and oxygen atoms in total. The number of hydrogen-bond donors (Lipinski definition) is 1. The lowest BCUT2D eigenvalue weighted by Crippen LogP contribution is -2.51. The van der Waals surface area contributed by atoms with Gasteiger partial charge in [-0.3, -0.25) is 4.79 Å². The first-order valence-electron chi connectivity index (χ1n) is 9.80. The molecular weight excluding hydrogens is 401 g/mol. The summed E-state index contributed by atoms with van der Waals surface area (Å²) in [6.45, 7) is 1.68. The van der Waals surface area contributed by atoms with Crippen molar-refractivity contribution in [3.05, 3.63) is 71.7 Å². The number of H-pyrrole nitrogens is 1. The number of hydrogen-bond acceptors (Lipinski definition) is 5. The maximum Gasteiger partial charge on any atom is 0.361 e. The van der Waals surface area contributed by atoms with Crippen LogP contribution in [0.5, 0.6) is 0 Å². The van der Waals surface area contributed by atoms with Gasteiger partial charge in [-0.15, -0.1) is 0 Å². The van der Waals surface area contributed by atoms with E-state index in [1.165, 1.54) is 17.0 Å². The quantitative estimate of drug-likeness (QED) is 0.503. The van der Waals surface area contributed by atoms with Crippen LogP contribution in [-0.2, 0) is 25.7 Å². The van der Waals surface area contributed by atoms with Crippen LogP contribution in [0, 0.1) is 5.82 Å². The molecule has 0 aliphatic carbocycles. The third-order valence-corrected chi connectivity index (χ3v) is 5.42. The van der Waals surface area contributed by atoms with Gasteiger partial charge in [0.2, 0.25) is 0 Å². The van der Waals surface area contributed by atoms with Crippen LogP contribution < -0.4 is 0 Å². The Labute approximate surface area is 178 Å². The molecule has 1 aliphatic rings. The number of amidine groups is 1. The van der Waals surface area contributed by atoms with Crippen LogP contribution in [0.1, 0.15) is 24.0 Å². The summed E-state index contributed by atoms with van der Waals surface area (Å²) in [5, 5.41) is 0.679. The van der Waals surface area contributed by atoms with Crippen LogP contribution in [0.15, 0.2) is 59.7 Å². The first-order valence-corrected chi connectivity index (χ1v) is 9.80. The highest BCUT2D eigenvalue weighted by Crippen LogP contribution is 2.40. The number of esters is 1. The fourth-order valence-corrected chi connectivity index (χ4v) is 3.68. The van der Waals surface area contributed by atoms with Crippen LogP contribution in [0.3, 0.4) is 0 Å². The molecule has 3 aromatic rings. The Morgan fingerprint density at radius 3 is 2.68 bits per heavy atom. The van der Waals surface area contributed by atoms with Crippen molar-refractivity contribution in [1.82, 2.24) is 9.88 Å². The molecule has 0 bridgehead atoms. The van der Waals surface area contributed by atoms with E-state index in [9.17, 15) is 14.0 Å². The summed E-state index contributed by atoms with van der Waals surface area (Å²) in [6.07, 6.45) is 1.64. The van der Waals surface area contributed by atoms with Gasteiger partial charge in [-0.2, -0.15) is 4.99 Å². The van der Waals surface area contributed by atoms with E-state index in [2.05, 4.69) is 9.98 Å². The van der Waals surface area contributed by atoms with Crippen LogP contribution in [0.4, 0.5) is 4.39 Å². The summed E-state index contributed by atoms with van der Waals surface area (Å²) in [5.41, 5.74) is -0.0396. The van der Waals surface area contributed by atoms with E-state index in [-0.39, 0.29) is 12.6 Å². The Hall–Kier alpha value is -3.68. The van der Waals surface area contributed by atoms with Gasteiger partial charge in [0.25, 0.3) is 11.6 Å². The number of ether oxygens (including phenoxy) is 2. The van der Waals surface area contributed by atoms with E-state index in [4.69, 9.17) is 9.47 Å². The zero-order chi connectivity index (χ0) is 22.2. The standard InChI is InChI=1S/C23H22FN3O4/c1-14(18-12-25-19-11-16(24)9-10-17(18)19)23(20(28)26-22(31-23)27(2)3)21(29)30-13-15-7-5-4-6-8-15/h4-12,14,25H,13H2,1-3H3. The van der Waals surface area contributed by atoms with Crippen molar-refractivity contribution in [2.75, 3.05) is 14.1 Å². The minimum absolute atomic E-state index is 0.0127. The molecule has 2 heterocycles. The number of nitrogens with one attached hydrogen (secondary N) is 1. The average Bonchev–Trinajstić information content (AvgIpc) is 3.33. The number of halogens is 1. The summed E-state index contributed by atoms with van der Waals surface area (Å²) >= 11 is 0. The van der Waals surface area contributed by atoms with Gasteiger partial charge in [-0.05, 0) is 29.3 Å². The van der Waals surface area contributed by atoms with Gasteiger partial charge in [0.1, 0.15) is 12.4 Å². The minimum Gasteiger partial charge on any atom is -0.457 e. The number of amides is 1. The predicted octanol–water partition coefficient (Wildman–Crippen LogP) is 3.37. The van der Waals surface area contributed by atoms with E-state index in [1.807, 2.05) is 30.3 Å². The molecule has 8 heteroatoms. The first kappa shape index (κ1) is 20.6. The molecule has 1 aliphatic heterocycles. The van der Waals surface area contributed by atoms with Crippen molar-refractivity contribution >= 4 is 28.8 Å². The molecule has 1 amide bonds. The molecule has 0 saturated heterocycles. The van der Waals surface area contributed by atoms with Crippen LogP contribution in [-0.4, -0.2) is 47.5 Å². The first-order chi connectivity index (χ1) is 14.8. The summed E-state index contributed by atoms with van der Waals surface area (Å²) in [5.74, 6) is -2.72. The fourth-order valence-electron chi connectivity index (χ4n) is 3.68. The summed E-state index contributed by atoms with van der Waals surface area (Å²) in [7, 11) is 3.33. The van der Waals surface area contributed by atoms with Crippen molar-refractivity contribution < 1.29 is 23.5 Å². The maximum atomic E-state index is 13.6. The summed E-state index contributed by atoms with van der Waals surface area (Å²) in [4.78, 5) is 34.9. The molecule has 0 spiro atoms. The molecule has 1 aromatic heterocycles. The zero-order valence-electron chi connectivity index (χ0n) is 17.4. The highest BCUT2D eigenvalue weighted by molar-refractivity contribution is 6.15. The molecular formula is C23H22FN3O4. The molecule has 2 aromatic carbocycles. The van der Waals surface area contributed by atoms with Crippen LogP contribution in [0.2, 0.25) is 0 Å². The SMILES string of the molecule is CC(c1c[nH]c2cc(F)ccc12)C1(C(=O)OCc2ccccc2)OC(N(C)C)=NC1=O. The topological polar surface area (TPSA) is 84.0 Å². The van der Waals surface area contributed by atoms with Crippen molar-refractivity contribution in [3.8, 4) is 0 Å². The Balaban J connectivity index is 1.72. The third-order valence-electron chi connectivity index (χ3n) is 5.42. The fraction of sp³-hybridized carbons (Fsp3) is 0.261. The normalized spacial score (nSPS) is 19.1. The van der Waals surface area contributed by atoms with Gasteiger partial charge in [0, 0.05) is 37.1 Å². The van der Waals surface area contributed by atoms with Crippen molar-refractivity contribution in [3.63, 3.8) is 0 Å². The van der Waals surface area contributed by atoms with E-state index in [0.717, 1.165) is 5.56 Å². The highest BCUT2D eigenvalue weighted by Gasteiger charge is 2.60. The lowest BCUT2D eigenvalue weighted by atomic mass is 9.82. The molecule has 0 radical (unpaired) electrons. The zero-order valence-corrected chi connectivity index (χ0v) is 17.4. The molecule has 0 saturated carbocycles. The van der Waals surface area contributed by atoms with Gasteiger partial charge < -0.3 is 19.4 Å². The molecule has 160 valence electrons. The highest BCUT2D eigenvalue weighted by atomic mass is 19.1. The average molecular weight is 423 g/mol. The van der Waals surface area contributed by atoms with Crippen molar-refractivity contribution in [2.24, 2.45) is 4.99 Å². The number of carbonyl (C=O) groups excluding carboxylic acids is 2. The van der Waals surface area contributed by atoms with Crippen LogP contribution in [0.25, 0.3) is 10.9 Å². The minimum atomic E-state index is -1.99. The number of aromatic nitrogens is 1. The number of rotatable bonds is 5. The summed E-state index contributed by atoms with van der Waals surface area (Å²) < 4.78 is 25.0. The Kier molecular flexibility index (Phi) is 5.22. The Bertz CT molecular complexity index is 1170.